The Hall–Kier alpha value is -3.99. The van der Waals surface area contributed by atoms with Crippen molar-refractivity contribution < 1.29 is 17.9 Å². The molecule has 2 aromatic heterocycles. The number of amides is 1. The molecular weight excluding hydrogens is 434 g/mol. The highest BCUT2D eigenvalue weighted by molar-refractivity contribution is 7.91. The molecule has 0 bridgehead atoms. The molecule has 164 valence electrons. The normalized spacial score (nSPS) is 11.4. The average Bonchev–Trinajstić information content (AvgIpc) is 3.13. The van der Waals surface area contributed by atoms with Gasteiger partial charge in [-0.1, -0.05) is 30.3 Å². The van der Waals surface area contributed by atoms with Crippen LogP contribution in [0.3, 0.4) is 0 Å². The van der Waals surface area contributed by atoms with Gasteiger partial charge in [-0.05, 0) is 42.0 Å². The Bertz CT molecular complexity index is 1440. The van der Waals surface area contributed by atoms with Gasteiger partial charge in [-0.3, -0.25) is 4.79 Å². The molecular formula is C21H19N5O5S. The molecule has 0 atom stereocenters. The number of fused-ring (bicyclic) bond motifs is 1. The second-order valence-electron chi connectivity index (χ2n) is 6.83. The molecule has 0 spiro atoms. The van der Waals surface area contributed by atoms with E-state index in [0.717, 1.165) is 14.8 Å². The summed E-state index contributed by atoms with van der Waals surface area (Å²) in [5.41, 5.74) is 0.238. The number of methoxy groups -OCH3 is 1. The third-order valence-corrected chi connectivity index (χ3v) is 6.32. The maximum Gasteiger partial charge on any atom is 0.367 e. The van der Waals surface area contributed by atoms with Gasteiger partial charge < -0.3 is 10.1 Å². The van der Waals surface area contributed by atoms with Crippen LogP contribution < -0.4 is 15.7 Å². The summed E-state index contributed by atoms with van der Waals surface area (Å²) in [7, 11) is -2.35. The van der Waals surface area contributed by atoms with Gasteiger partial charge in [0.2, 0.25) is 15.7 Å². The second kappa shape index (κ2) is 8.63. The van der Waals surface area contributed by atoms with Crippen LogP contribution in [-0.4, -0.2) is 40.8 Å². The highest BCUT2D eigenvalue weighted by Gasteiger charge is 2.21. The van der Waals surface area contributed by atoms with Gasteiger partial charge in [-0.25, -0.2) is 17.9 Å². The molecule has 2 aromatic carbocycles. The smallest absolute Gasteiger partial charge is 0.367 e. The minimum Gasteiger partial charge on any atom is -0.497 e. The Kier molecular flexibility index (Phi) is 5.73. The quantitative estimate of drug-likeness (QED) is 0.443. The Morgan fingerprint density at radius 2 is 1.81 bits per heavy atom. The molecule has 2 heterocycles. The molecule has 0 saturated heterocycles. The first-order chi connectivity index (χ1) is 15.4. The van der Waals surface area contributed by atoms with Crippen molar-refractivity contribution in [1.82, 2.24) is 24.7 Å². The molecule has 4 rings (SSSR count). The van der Waals surface area contributed by atoms with E-state index < -0.39 is 21.4 Å². The van der Waals surface area contributed by atoms with E-state index in [-0.39, 0.29) is 28.7 Å². The van der Waals surface area contributed by atoms with E-state index in [4.69, 9.17) is 4.74 Å². The standard InChI is InChI=1S/C21H19N5O5S/c1-31-16-7-5-6-15(12-16)13-22-19(27)14-25-21(28)26-18(23-25)10-11-20(24-26)32(29,30)17-8-3-2-4-9-17/h2-12H,13-14H2,1H3,(H,22,27). The number of rotatable bonds is 7. The van der Waals surface area contributed by atoms with Crippen LogP contribution >= 0.6 is 0 Å². The lowest BCUT2D eigenvalue weighted by Crippen LogP contribution is -2.32. The third-order valence-electron chi connectivity index (χ3n) is 4.66. The fourth-order valence-electron chi connectivity index (χ4n) is 3.03. The molecule has 32 heavy (non-hydrogen) atoms. The van der Waals surface area contributed by atoms with Gasteiger partial charge in [0.05, 0.1) is 12.0 Å². The van der Waals surface area contributed by atoms with Crippen LogP contribution in [0.4, 0.5) is 0 Å². The van der Waals surface area contributed by atoms with Crippen molar-refractivity contribution in [3.8, 4) is 5.75 Å². The molecule has 1 N–H and O–H groups in total. The molecule has 0 fully saturated rings. The molecule has 11 heteroatoms. The summed E-state index contributed by atoms with van der Waals surface area (Å²) in [5.74, 6) is 0.233. The highest BCUT2D eigenvalue weighted by Crippen LogP contribution is 2.18. The van der Waals surface area contributed by atoms with Crippen molar-refractivity contribution in [2.45, 2.75) is 23.0 Å². The lowest BCUT2D eigenvalue weighted by atomic mass is 10.2. The number of carbonyl (C=O) groups excluding carboxylic acids is 1. The Balaban J connectivity index is 1.53. The predicted octanol–water partition coefficient (Wildman–Crippen LogP) is 1.05. The monoisotopic (exact) mass is 453 g/mol. The van der Waals surface area contributed by atoms with Crippen molar-refractivity contribution in [2.75, 3.05) is 7.11 Å². The van der Waals surface area contributed by atoms with E-state index in [0.29, 0.717) is 5.75 Å². The van der Waals surface area contributed by atoms with Crippen molar-refractivity contribution >= 4 is 21.4 Å². The average molecular weight is 453 g/mol. The van der Waals surface area contributed by atoms with Gasteiger partial charge in [0, 0.05) is 6.54 Å². The maximum atomic E-state index is 12.8. The summed E-state index contributed by atoms with van der Waals surface area (Å²) in [5, 5.41) is 10.4. The summed E-state index contributed by atoms with van der Waals surface area (Å²) in [4.78, 5) is 25.0. The zero-order valence-corrected chi connectivity index (χ0v) is 17.8. The largest absolute Gasteiger partial charge is 0.497 e. The Morgan fingerprint density at radius 3 is 2.56 bits per heavy atom. The number of nitrogens with one attached hydrogen (secondary N) is 1. The highest BCUT2D eigenvalue weighted by atomic mass is 32.2. The van der Waals surface area contributed by atoms with Crippen molar-refractivity contribution in [3.05, 3.63) is 82.8 Å². The van der Waals surface area contributed by atoms with Crippen LogP contribution in [0.15, 0.2) is 81.4 Å². The Morgan fingerprint density at radius 1 is 1.03 bits per heavy atom. The number of nitrogens with zero attached hydrogens (tertiary/aromatic N) is 4. The number of hydrogen-bond donors (Lipinski definition) is 1. The minimum atomic E-state index is -3.90. The van der Waals surface area contributed by atoms with E-state index in [2.05, 4.69) is 15.5 Å². The van der Waals surface area contributed by atoms with Crippen LogP contribution in [0.5, 0.6) is 5.75 Å². The zero-order chi connectivity index (χ0) is 22.7. The van der Waals surface area contributed by atoms with Gasteiger partial charge in [-0.2, -0.15) is 4.52 Å². The van der Waals surface area contributed by atoms with E-state index in [1.807, 2.05) is 6.07 Å². The molecule has 4 aromatic rings. The SMILES string of the molecule is COc1cccc(CNC(=O)Cn2nc3ccc(S(=O)(=O)c4ccccc4)nn3c2=O)c1. The molecule has 0 aliphatic carbocycles. The summed E-state index contributed by atoms with van der Waals surface area (Å²) >= 11 is 0. The first-order valence-corrected chi connectivity index (χ1v) is 11.0. The molecule has 0 radical (unpaired) electrons. The van der Waals surface area contributed by atoms with Crippen LogP contribution in [0.2, 0.25) is 0 Å². The van der Waals surface area contributed by atoms with Crippen LogP contribution in [0.1, 0.15) is 5.56 Å². The van der Waals surface area contributed by atoms with E-state index in [1.54, 1.807) is 43.5 Å². The molecule has 0 unspecified atom stereocenters. The molecule has 10 nitrogen and oxygen atoms in total. The minimum absolute atomic E-state index is 0.0595. The summed E-state index contributed by atoms with van der Waals surface area (Å²) < 4.78 is 32.5. The molecule has 0 saturated carbocycles. The van der Waals surface area contributed by atoms with Crippen LogP contribution in [-0.2, 0) is 27.7 Å². The number of benzene rings is 2. The van der Waals surface area contributed by atoms with Crippen molar-refractivity contribution in [2.24, 2.45) is 0 Å². The van der Waals surface area contributed by atoms with E-state index in [1.165, 1.54) is 24.3 Å². The number of hydrogen-bond acceptors (Lipinski definition) is 7. The topological polar surface area (TPSA) is 125 Å². The lowest BCUT2D eigenvalue weighted by Gasteiger charge is -2.06. The molecule has 0 aliphatic heterocycles. The summed E-state index contributed by atoms with van der Waals surface area (Å²) in [6, 6.07) is 17.6. The summed E-state index contributed by atoms with van der Waals surface area (Å²) in [6.45, 7) is -0.0944. The maximum absolute atomic E-state index is 12.8. The van der Waals surface area contributed by atoms with Gasteiger partial charge in [-0.15, -0.1) is 10.2 Å². The predicted molar refractivity (Wildman–Crippen MR) is 114 cm³/mol. The van der Waals surface area contributed by atoms with E-state index >= 15 is 0 Å². The second-order valence-corrected chi connectivity index (χ2v) is 8.72. The van der Waals surface area contributed by atoms with Gasteiger partial charge in [0.15, 0.2) is 10.7 Å². The first-order valence-electron chi connectivity index (χ1n) is 9.55. The number of carbonyl (C=O) groups is 1. The number of ether oxygens (including phenoxy) is 1. The molecule has 0 aliphatic rings. The van der Waals surface area contributed by atoms with E-state index in [9.17, 15) is 18.0 Å². The first kappa shape index (κ1) is 21.2. The van der Waals surface area contributed by atoms with Crippen LogP contribution in [0, 0.1) is 0 Å². The fourth-order valence-corrected chi connectivity index (χ4v) is 4.23. The fraction of sp³-hybridized carbons (Fsp3) is 0.143. The van der Waals surface area contributed by atoms with Crippen molar-refractivity contribution in [3.63, 3.8) is 0 Å². The summed E-state index contributed by atoms with van der Waals surface area (Å²) in [6.07, 6.45) is 0. The number of aromatic nitrogens is 4. The van der Waals surface area contributed by atoms with Gasteiger partial charge in [0.1, 0.15) is 12.3 Å². The van der Waals surface area contributed by atoms with Gasteiger partial charge in [0.25, 0.3) is 0 Å². The van der Waals surface area contributed by atoms with Gasteiger partial charge >= 0.3 is 5.69 Å². The van der Waals surface area contributed by atoms with Crippen molar-refractivity contribution in [1.29, 1.82) is 0 Å². The Labute approximate surface area is 183 Å². The van der Waals surface area contributed by atoms with Crippen LogP contribution in [0.25, 0.3) is 5.65 Å². The third kappa shape index (κ3) is 4.23. The number of sulfone groups is 1. The lowest BCUT2D eigenvalue weighted by molar-refractivity contribution is -0.122. The zero-order valence-electron chi connectivity index (χ0n) is 17.0. The molecule has 1 amide bonds.